The van der Waals surface area contributed by atoms with Crippen molar-refractivity contribution >= 4 is 11.3 Å². The summed E-state index contributed by atoms with van der Waals surface area (Å²) >= 11 is 1.56. The lowest BCUT2D eigenvalue weighted by Crippen LogP contribution is -1.94. The molecular weight excluding hydrogens is 270 g/mol. The molecule has 1 N–H and O–H groups in total. The molecule has 20 heavy (non-hydrogen) atoms. The lowest BCUT2D eigenvalue weighted by atomic mass is 10.1. The average Bonchev–Trinajstić information content (AvgIpc) is 2.90. The van der Waals surface area contributed by atoms with Gasteiger partial charge in [0.1, 0.15) is 10.8 Å². The first-order valence-electron chi connectivity index (χ1n) is 6.99. The number of aromatic nitrogens is 1. The fraction of sp³-hybridized carbons (Fsp3) is 0.438. The van der Waals surface area contributed by atoms with E-state index < -0.39 is 0 Å². The predicted octanol–water partition coefficient (Wildman–Crippen LogP) is 4.21. The number of hydrogen-bond donors (Lipinski definition) is 1. The third-order valence-electron chi connectivity index (χ3n) is 2.99. The van der Waals surface area contributed by atoms with Crippen LogP contribution in [0.1, 0.15) is 43.7 Å². The maximum atomic E-state index is 9.42. The van der Waals surface area contributed by atoms with Crippen molar-refractivity contribution in [3.8, 4) is 16.3 Å². The predicted molar refractivity (Wildman–Crippen MR) is 83.3 cm³/mol. The summed E-state index contributed by atoms with van der Waals surface area (Å²) in [4.78, 5) is 5.62. The van der Waals surface area contributed by atoms with Gasteiger partial charge in [0.15, 0.2) is 0 Å². The van der Waals surface area contributed by atoms with Crippen LogP contribution in [0.25, 0.3) is 10.6 Å². The van der Waals surface area contributed by atoms with Gasteiger partial charge in [0.25, 0.3) is 0 Å². The van der Waals surface area contributed by atoms with Gasteiger partial charge in [-0.25, -0.2) is 4.98 Å². The molecule has 1 heterocycles. The number of thiazole rings is 1. The van der Waals surface area contributed by atoms with Crippen LogP contribution in [0.3, 0.4) is 0 Å². The molecule has 0 unspecified atom stereocenters. The van der Waals surface area contributed by atoms with Crippen molar-refractivity contribution in [3.63, 3.8) is 0 Å². The first-order valence-corrected chi connectivity index (χ1v) is 7.81. The molecular formula is C16H21NO2S. The quantitative estimate of drug-likeness (QED) is 0.866. The number of aliphatic hydroxyl groups excluding tert-OH is 1. The zero-order valence-electron chi connectivity index (χ0n) is 12.2. The van der Waals surface area contributed by atoms with Gasteiger partial charge in [-0.2, -0.15) is 0 Å². The van der Waals surface area contributed by atoms with E-state index in [2.05, 4.69) is 25.8 Å². The minimum Gasteiger partial charge on any atom is -0.494 e. The molecule has 0 aliphatic carbocycles. The summed E-state index contributed by atoms with van der Waals surface area (Å²) in [5.74, 6) is 1.22. The second-order valence-corrected chi connectivity index (χ2v) is 6.10. The molecule has 0 aliphatic heterocycles. The standard InChI is InChI=1S/C16H21NO2S/c1-4-9-19-13-7-5-12(6-8-13)16-17-15(11(2)3)14(10-18)20-16/h5-8,11,18H,4,9-10H2,1-3H3. The summed E-state index contributed by atoms with van der Waals surface area (Å²) in [6.07, 6.45) is 1.01. The van der Waals surface area contributed by atoms with Gasteiger partial charge in [0.2, 0.25) is 0 Å². The van der Waals surface area contributed by atoms with Crippen LogP contribution in [0.4, 0.5) is 0 Å². The smallest absolute Gasteiger partial charge is 0.123 e. The molecule has 0 atom stereocenters. The van der Waals surface area contributed by atoms with Gasteiger partial charge in [-0.15, -0.1) is 11.3 Å². The van der Waals surface area contributed by atoms with Crippen LogP contribution in [0.2, 0.25) is 0 Å². The number of hydrogen-bond acceptors (Lipinski definition) is 4. The molecule has 1 aromatic heterocycles. The molecule has 1 aromatic carbocycles. The van der Waals surface area contributed by atoms with Crippen LogP contribution < -0.4 is 4.74 Å². The van der Waals surface area contributed by atoms with Crippen LogP contribution in [0.5, 0.6) is 5.75 Å². The molecule has 0 saturated heterocycles. The van der Waals surface area contributed by atoms with Crippen molar-refractivity contribution in [2.75, 3.05) is 6.61 Å². The van der Waals surface area contributed by atoms with Crippen molar-refractivity contribution in [1.29, 1.82) is 0 Å². The molecule has 0 saturated carbocycles. The number of benzene rings is 1. The monoisotopic (exact) mass is 291 g/mol. The van der Waals surface area contributed by atoms with Crippen LogP contribution in [0, 0.1) is 0 Å². The van der Waals surface area contributed by atoms with E-state index in [1.165, 1.54) is 0 Å². The molecule has 2 rings (SSSR count). The zero-order chi connectivity index (χ0) is 14.5. The molecule has 4 heteroatoms. The third kappa shape index (κ3) is 3.38. The lowest BCUT2D eigenvalue weighted by Gasteiger charge is -2.04. The summed E-state index contributed by atoms with van der Waals surface area (Å²) in [6.45, 7) is 7.08. The van der Waals surface area contributed by atoms with E-state index in [-0.39, 0.29) is 6.61 Å². The lowest BCUT2D eigenvalue weighted by molar-refractivity contribution is 0.283. The summed E-state index contributed by atoms with van der Waals surface area (Å²) in [5, 5.41) is 10.4. The van der Waals surface area contributed by atoms with Gasteiger partial charge in [0, 0.05) is 5.56 Å². The Kier molecular flexibility index (Phi) is 5.15. The number of ether oxygens (including phenoxy) is 1. The second-order valence-electron chi connectivity index (χ2n) is 5.01. The van der Waals surface area contributed by atoms with Crippen molar-refractivity contribution in [3.05, 3.63) is 34.8 Å². The Labute approximate surface area is 124 Å². The summed E-state index contributed by atoms with van der Waals surface area (Å²) < 4.78 is 5.58. The Morgan fingerprint density at radius 1 is 1.25 bits per heavy atom. The first kappa shape index (κ1) is 15.0. The molecule has 2 aromatic rings. The van der Waals surface area contributed by atoms with Crippen LogP contribution >= 0.6 is 11.3 Å². The highest BCUT2D eigenvalue weighted by molar-refractivity contribution is 7.15. The van der Waals surface area contributed by atoms with E-state index in [1.54, 1.807) is 11.3 Å². The summed E-state index contributed by atoms with van der Waals surface area (Å²) in [5.41, 5.74) is 2.07. The first-order chi connectivity index (χ1) is 9.65. The Balaban J connectivity index is 2.23. The molecule has 0 fully saturated rings. The van der Waals surface area contributed by atoms with E-state index in [0.717, 1.165) is 39.9 Å². The average molecular weight is 291 g/mol. The maximum absolute atomic E-state index is 9.42. The van der Waals surface area contributed by atoms with Gasteiger partial charge in [0.05, 0.1) is 23.8 Å². The highest BCUT2D eigenvalue weighted by Crippen LogP contribution is 2.32. The number of rotatable bonds is 6. The van der Waals surface area contributed by atoms with Crippen LogP contribution in [-0.2, 0) is 6.61 Å². The van der Waals surface area contributed by atoms with Gasteiger partial charge in [-0.05, 0) is 36.6 Å². The minimum atomic E-state index is 0.0584. The van der Waals surface area contributed by atoms with Crippen LogP contribution in [-0.4, -0.2) is 16.7 Å². The molecule has 108 valence electrons. The molecule has 0 amide bonds. The van der Waals surface area contributed by atoms with Gasteiger partial charge < -0.3 is 9.84 Å². The Hall–Kier alpha value is -1.39. The van der Waals surface area contributed by atoms with Crippen molar-refractivity contribution in [1.82, 2.24) is 4.98 Å². The SMILES string of the molecule is CCCOc1ccc(-c2nc(C(C)C)c(CO)s2)cc1. The molecule has 3 nitrogen and oxygen atoms in total. The van der Waals surface area contributed by atoms with Crippen molar-refractivity contribution < 1.29 is 9.84 Å². The molecule has 0 bridgehead atoms. The summed E-state index contributed by atoms with van der Waals surface area (Å²) in [7, 11) is 0. The topological polar surface area (TPSA) is 42.4 Å². The van der Waals surface area contributed by atoms with Crippen molar-refractivity contribution in [2.24, 2.45) is 0 Å². The summed E-state index contributed by atoms with van der Waals surface area (Å²) in [6, 6.07) is 7.99. The van der Waals surface area contributed by atoms with E-state index >= 15 is 0 Å². The van der Waals surface area contributed by atoms with E-state index in [1.807, 2.05) is 24.3 Å². The van der Waals surface area contributed by atoms with Gasteiger partial charge >= 0.3 is 0 Å². The second kappa shape index (κ2) is 6.86. The minimum absolute atomic E-state index is 0.0584. The van der Waals surface area contributed by atoms with E-state index in [0.29, 0.717) is 5.92 Å². The fourth-order valence-corrected chi connectivity index (χ4v) is 3.05. The third-order valence-corrected chi connectivity index (χ3v) is 4.10. The highest BCUT2D eigenvalue weighted by atomic mass is 32.1. The van der Waals surface area contributed by atoms with Gasteiger partial charge in [-0.3, -0.25) is 0 Å². The van der Waals surface area contributed by atoms with Crippen molar-refractivity contribution in [2.45, 2.75) is 39.7 Å². The van der Waals surface area contributed by atoms with Crippen LogP contribution in [0.15, 0.2) is 24.3 Å². The highest BCUT2D eigenvalue weighted by Gasteiger charge is 2.14. The fourth-order valence-electron chi connectivity index (χ4n) is 1.97. The zero-order valence-corrected chi connectivity index (χ0v) is 13.0. The Morgan fingerprint density at radius 2 is 1.95 bits per heavy atom. The Morgan fingerprint density at radius 3 is 2.45 bits per heavy atom. The molecule has 0 radical (unpaired) electrons. The van der Waals surface area contributed by atoms with E-state index in [9.17, 15) is 5.11 Å². The molecule has 0 aliphatic rings. The molecule has 0 spiro atoms. The number of nitrogens with zero attached hydrogens (tertiary/aromatic N) is 1. The van der Waals surface area contributed by atoms with Gasteiger partial charge in [-0.1, -0.05) is 20.8 Å². The van der Waals surface area contributed by atoms with E-state index in [4.69, 9.17) is 4.74 Å². The Bertz CT molecular complexity index is 546. The largest absolute Gasteiger partial charge is 0.494 e. The normalized spacial score (nSPS) is 11.1. The maximum Gasteiger partial charge on any atom is 0.123 e. The number of aliphatic hydroxyl groups is 1.